The van der Waals surface area contributed by atoms with Crippen molar-refractivity contribution in [3.05, 3.63) is 35.4 Å². The van der Waals surface area contributed by atoms with Crippen LogP contribution in [-0.4, -0.2) is 24.3 Å². The van der Waals surface area contributed by atoms with E-state index >= 15 is 0 Å². The molecule has 0 amide bonds. The predicted molar refractivity (Wildman–Crippen MR) is 71.6 cm³/mol. The minimum atomic E-state index is -0.293. The number of rotatable bonds is 7. The number of aryl methyl sites for hydroxylation is 1. The van der Waals surface area contributed by atoms with Crippen molar-refractivity contribution in [2.75, 3.05) is 7.11 Å². The van der Waals surface area contributed by atoms with Crippen LogP contribution in [0.1, 0.15) is 48.5 Å². The Balaban J connectivity index is 2.29. The highest BCUT2D eigenvalue weighted by Crippen LogP contribution is 2.11. The summed E-state index contributed by atoms with van der Waals surface area (Å²) in [5, 5.41) is 9.13. The molecule has 1 rings (SSSR count). The van der Waals surface area contributed by atoms with Gasteiger partial charge in [0.1, 0.15) is 0 Å². The highest BCUT2D eigenvalue weighted by molar-refractivity contribution is 5.89. The summed E-state index contributed by atoms with van der Waals surface area (Å²) in [6, 6.07) is 7.55. The number of benzene rings is 1. The molecule has 1 unspecified atom stereocenters. The Hall–Kier alpha value is -1.35. The monoisotopic (exact) mass is 250 g/mol. The first-order valence-corrected chi connectivity index (χ1v) is 6.49. The van der Waals surface area contributed by atoms with Gasteiger partial charge in [0.25, 0.3) is 0 Å². The van der Waals surface area contributed by atoms with Crippen LogP contribution >= 0.6 is 0 Å². The fraction of sp³-hybridized carbons (Fsp3) is 0.533. The van der Waals surface area contributed by atoms with Gasteiger partial charge in [0.05, 0.1) is 18.8 Å². The molecule has 0 radical (unpaired) electrons. The quantitative estimate of drug-likeness (QED) is 0.598. The van der Waals surface area contributed by atoms with E-state index in [1.807, 2.05) is 19.1 Å². The smallest absolute Gasteiger partial charge is 0.337 e. The summed E-state index contributed by atoms with van der Waals surface area (Å²) in [4.78, 5) is 11.2. The standard InChI is InChI=1S/C15H22O3/c1-12(16)6-4-3-5-7-13-8-10-14(11-9-13)15(17)18-2/h8-12,16H,3-7H2,1-2H3. The lowest BCUT2D eigenvalue weighted by Crippen LogP contribution is -2.01. The Kier molecular flexibility index (Phi) is 6.44. The van der Waals surface area contributed by atoms with Crippen molar-refractivity contribution >= 4 is 5.97 Å². The largest absolute Gasteiger partial charge is 0.465 e. The van der Waals surface area contributed by atoms with Gasteiger partial charge < -0.3 is 9.84 Å². The molecule has 0 aliphatic carbocycles. The average molecular weight is 250 g/mol. The molecular formula is C15H22O3. The maximum absolute atomic E-state index is 11.2. The van der Waals surface area contributed by atoms with Crippen molar-refractivity contribution in [2.45, 2.75) is 45.1 Å². The third-order valence-electron chi connectivity index (χ3n) is 2.96. The Labute approximate surface area is 109 Å². The van der Waals surface area contributed by atoms with Crippen molar-refractivity contribution < 1.29 is 14.6 Å². The summed E-state index contributed by atoms with van der Waals surface area (Å²) in [6.07, 6.45) is 5.01. The van der Waals surface area contributed by atoms with E-state index in [0.29, 0.717) is 5.56 Å². The summed E-state index contributed by atoms with van der Waals surface area (Å²) in [5.41, 5.74) is 1.83. The molecule has 1 atom stereocenters. The second-order valence-corrected chi connectivity index (χ2v) is 4.64. The lowest BCUT2D eigenvalue weighted by Gasteiger charge is -2.05. The molecule has 1 aromatic carbocycles. The number of ether oxygens (including phenoxy) is 1. The molecule has 0 aliphatic rings. The van der Waals surface area contributed by atoms with Gasteiger partial charge >= 0.3 is 5.97 Å². The number of hydrogen-bond donors (Lipinski definition) is 1. The molecule has 0 aliphatic heterocycles. The van der Waals surface area contributed by atoms with E-state index < -0.39 is 0 Å². The first-order valence-electron chi connectivity index (χ1n) is 6.49. The highest BCUT2D eigenvalue weighted by atomic mass is 16.5. The Bertz CT molecular complexity index is 355. The second-order valence-electron chi connectivity index (χ2n) is 4.64. The van der Waals surface area contributed by atoms with Crippen LogP contribution in [0.4, 0.5) is 0 Å². The van der Waals surface area contributed by atoms with E-state index in [1.165, 1.54) is 12.7 Å². The third kappa shape index (κ3) is 5.32. The maximum Gasteiger partial charge on any atom is 0.337 e. The minimum Gasteiger partial charge on any atom is -0.465 e. The number of aliphatic hydroxyl groups is 1. The molecule has 3 nitrogen and oxygen atoms in total. The molecule has 0 aromatic heterocycles. The molecule has 3 heteroatoms. The van der Waals surface area contributed by atoms with Gasteiger partial charge in [0.2, 0.25) is 0 Å². The third-order valence-corrected chi connectivity index (χ3v) is 2.96. The zero-order chi connectivity index (χ0) is 13.4. The molecule has 0 spiro atoms. The number of hydrogen-bond acceptors (Lipinski definition) is 3. The van der Waals surface area contributed by atoms with Gasteiger partial charge in [-0.3, -0.25) is 0 Å². The highest BCUT2D eigenvalue weighted by Gasteiger charge is 2.04. The van der Waals surface area contributed by atoms with Crippen molar-refractivity contribution in [3.8, 4) is 0 Å². The summed E-state index contributed by atoms with van der Waals surface area (Å²) < 4.78 is 4.65. The number of carbonyl (C=O) groups is 1. The Morgan fingerprint density at radius 1 is 1.22 bits per heavy atom. The van der Waals surface area contributed by atoms with Gasteiger partial charge in [-0.25, -0.2) is 4.79 Å². The Morgan fingerprint density at radius 2 is 1.89 bits per heavy atom. The van der Waals surface area contributed by atoms with Crippen LogP contribution in [0.3, 0.4) is 0 Å². The van der Waals surface area contributed by atoms with Gasteiger partial charge in [0, 0.05) is 0 Å². The van der Waals surface area contributed by atoms with E-state index in [4.69, 9.17) is 5.11 Å². The summed E-state index contributed by atoms with van der Waals surface area (Å²) in [7, 11) is 1.39. The lowest BCUT2D eigenvalue weighted by molar-refractivity contribution is 0.0600. The molecule has 0 saturated carbocycles. The lowest BCUT2D eigenvalue weighted by atomic mass is 10.0. The van der Waals surface area contributed by atoms with Crippen LogP contribution in [-0.2, 0) is 11.2 Å². The van der Waals surface area contributed by atoms with Crippen LogP contribution in [0.5, 0.6) is 0 Å². The molecule has 0 heterocycles. The topological polar surface area (TPSA) is 46.5 Å². The van der Waals surface area contributed by atoms with Crippen molar-refractivity contribution in [2.24, 2.45) is 0 Å². The average Bonchev–Trinajstić information content (AvgIpc) is 2.38. The summed E-state index contributed by atoms with van der Waals surface area (Å²) in [5.74, 6) is -0.293. The summed E-state index contributed by atoms with van der Waals surface area (Å²) in [6.45, 7) is 1.82. The molecule has 1 aromatic rings. The fourth-order valence-corrected chi connectivity index (χ4v) is 1.87. The number of esters is 1. The van der Waals surface area contributed by atoms with E-state index in [9.17, 15) is 4.79 Å². The first-order chi connectivity index (χ1) is 8.63. The molecule has 0 fully saturated rings. The minimum absolute atomic E-state index is 0.190. The van der Waals surface area contributed by atoms with Crippen molar-refractivity contribution in [1.29, 1.82) is 0 Å². The number of methoxy groups -OCH3 is 1. The summed E-state index contributed by atoms with van der Waals surface area (Å²) >= 11 is 0. The van der Waals surface area contributed by atoms with E-state index in [-0.39, 0.29) is 12.1 Å². The molecule has 0 bridgehead atoms. The van der Waals surface area contributed by atoms with Crippen LogP contribution in [0.2, 0.25) is 0 Å². The predicted octanol–water partition coefficient (Wildman–Crippen LogP) is 2.96. The van der Waals surface area contributed by atoms with Crippen molar-refractivity contribution in [3.63, 3.8) is 0 Å². The van der Waals surface area contributed by atoms with Gasteiger partial charge in [-0.1, -0.05) is 25.0 Å². The van der Waals surface area contributed by atoms with Gasteiger partial charge in [-0.15, -0.1) is 0 Å². The number of unbranched alkanes of at least 4 members (excludes halogenated alkanes) is 2. The number of carbonyl (C=O) groups excluding carboxylic acids is 1. The normalized spacial score (nSPS) is 12.2. The maximum atomic E-state index is 11.2. The Morgan fingerprint density at radius 3 is 2.44 bits per heavy atom. The van der Waals surface area contributed by atoms with Gasteiger partial charge in [-0.05, 0) is 43.9 Å². The zero-order valence-electron chi connectivity index (χ0n) is 11.2. The zero-order valence-corrected chi connectivity index (χ0v) is 11.2. The molecule has 100 valence electrons. The molecule has 18 heavy (non-hydrogen) atoms. The van der Waals surface area contributed by atoms with E-state index in [2.05, 4.69) is 4.74 Å². The van der Waals surface area contributed by atoms with Crippen molar-refractivity contribution in [1.82, 2.24) is 0 Å². The first kappa shape index (κ1) is 14.7. The van der Waals surface area contributed by atoms with Crippen LogP contribution < -0.4 is 0 Å². The number of aliphatic hydroxyl groups excluding tert-OH is 1. The van der Waals surface area contributed by atoms with Gasteiger partial charge in [-0.2, -0.15) is 0 Å². The molecular weight excluding hydrogens is 228 g/mol. The van der Waals surface area contributed by atoms with Gasteiger partial charge in [0.15, 0.2) is 0 Å². The van der Waals surface area contributed by atoms with E-state index in [1.54, 1.807) is 12.1 Å². The fourth-order valence-electron chi connectivity index (χ4n) is 1.87. The van der Waals surface area contributed by atoms with Crippen LogP contribution in [0.25, 0.3) is 0 Å². The molecule has 0 saturated heterocycles. The SMILES string of the molecule is COC(=O)c1ccc(CCCCCC(C)O)cc1. The molecule has 1 N–H and O–H groups in total. The van der Waals surface area contributed by atoms with Crippen LogP contribution in [0.15, 0.2) is 24.3 Å². The second kappa shape index (κ2) is 7.88. The van der Waals surface area contributed by atoms with Crippen LogP contribution in [0, 0.1) is 0 Å². The van der Waals surface area contributed by atoms with E-state index in [0.717, 1.165) is 32.1 Å².